The SMILES string of the molecule is Cc1cccc(Oc2nsnc(Cl)c2=O)c1. The van der Waals surface area contributed by atoms with Crippen LogP contribution in [0.15, 0.2) is 29.1 Å². The van der Waals surface area contributed by atoms with Crippen molar-refractivity contribution in [2.45, 2.75) is 6.92 Å². The second-order valence-corrected chi connectivity index (χ2v) is 3.99. The third-order valence-corrected chi connectivity index (χ3v) is 2.70. The number of halogens is 1. The number of benzene rings is 1. The van der Waals surface area contributed by atoms with E-state index in [1.807, 2.05) is 19.1 Å². The van der Waals surface area contributed by atoms with Crippen LogP contribution >= 0.6 is 23.3 Å². The van der Waals surface area contributed by atoms with Crippen molar-refractivity contribution in [3.8, 4) is 11.6 Å². The van der Waals surface area contributed by atoms with E-state index in [1.54, 1.807) is 12.1 Å². The van der Waals surface area contributed by atoms with Crippen LogP contribution in [-0.2, 0) is 0 Å². The number of rotatable bonds is 2. The topological polar surface area (TPSA) is 52.1 Å². The lowest BCUT2D eigenvalue weighted by Gasteiger charge is -2.03. The lowest BCUT2D eigenvalue weighted by Crippen LogP contribution is -2.07. The molecule has 0 unspecified atom stereocenters. The normalized spacial score (nSPS) is 10.1. The molecule has 82 valence electrons. The molecule has 0 aliphatic carbocycles. The molecule has 0 saturated carbocycles. The molecule has 1 aromatic heterocycles. The minimum atomic E-state index is -0.498. The zero-order valence-corrected chi connectivity index (χ0v) is 9.88. The fourth-order valence-electron chi connectivity index (χ4n) is 1.12. The molecule has 0 aliphatic heterocycles. The largest absolute Gasteiger partial charge is 0.435 e. The first kappa shape index (κ1) is 11.0. The van der Waals surface area contributed by atoms with Gasteiger partial charge in [0.05, 0.1) is 11.7 Å². The third-order valence-electron chi connectivity index (χ3n) is 1.83. The van der Waals surface area contributed by atoms with Gasteiger partial charge in [-0.3, -0.25) is 4.79 Å². The van der Waals surface area contributed by atoms with Crippen molar-refractivity contribution < 1.29 is 4.74 Å². The van der Waals surface area contributed by atoms with Gasteiger partial charge >= 0.3 is 0 Å². The third kappa shape index (κ3) is 2.37. The molecular weight excluding hydrogens is 248 g/mol. The number of ether oxygens (including phenoxy) is 1. The molecule has 0 radical (unpaired) electrons. The van der Waals surface area contributed by atoms with E-state index in [4.69, 9.17) is 16.3 Å². The van der Waals surface area contributed by atoms with E-state index in [1.165, 1.54) is 0 Å². The highest BCUT2D eigenvalue weighted by molar-refractivity contribution is 6.99. The van der Waals surface area contributed by atoms with Gasteiger partial charge in [-0.2, -0.15) is 4.37 Å². The lowest BCUT2D eigenvalue weighted by atomic mass is 10.2. The maximum atomic E-state index is 11.5. The molecule has 0 N–H and O–H groups in total. The fraction of sp³-hybridized carbons (Fsp3) is 0.100. The van der Waals surface area contributed by atoms with Crippen molar-refractivity contribution in [2.75, 3.05) is 0 Å². The number of hydrogen-bond donors (Lipinski definition) is 0. The Balaban J connectivity index is 2.34. The Morgan fingerprint density at radius 1 is 1.38 bits per heavy atom. The Bertz CT molecular complexity index is 571. The van der Waals surface area contributed by atoms with Crippen molar-refractivity contribution in [3.63, 3.8) is 0 Å². The molecule has 0 amide bonds. The van der Waals surface area contributed by atoms with E-state index in [0.717, 1.165) is 17.3 Å². The summed E-state index contributed by atoms with van der Waals surface area (Å²) in [6.07, 6.45) is 0. The van der Waals surface area contributed by atoms with Crippen LogP contribution in [0.25, 0.3) is 0 Å². The second kappa shape index (κ2) is 4.59. The number of aromatic nitrogens is 2. The molecule has 0 atom stereocenters. The minimum absolute atomic E-state index is 0.0457. The maximum Gasteiger partial charge on any atom is 0.283 e. The van der Waals surface area contributed by atoms with Gasteiger partial charge in [-0.25, -0.2) is 0 Å². The molecule has 16 heavy (non-hydrogen) atoms. The average molecular weight is 255 g/mol. The van der Waals surface area contributed by atoms with Crippen LogP contribution in [0, 0.1) is 6.92 Å². The first-order valence-electron chi connectivity index (χ1n) is 4.44. The van der Waals surface area contributed by atoms with E-state index >= 15 is 0 Å². The Kier molecular flexibility index (Phi) is 3.17. The quantitative estimate of drug-likeness (QED) is 0.827. The first-order chi connectivity index (χ1) is 7.66. The summed E-state index contributed by atoms with van der Waals surface area (Å²) in [5.74, 6) is 0.509. The fourth-order valence-corrected chi connectivity index (χ4v) is 1.68. The van der Waals surface area contributed by atoms with Crippen molar-refractivity contribution in [2.24, 2.45) is 0 Å². The summed E-state index contributed by atoms with van der Waals surface area (Å²) < 4.78 is 12.7. The highest BCUT2D eigenvalue weighted by atomic mass is 35.5. The van der Waals surface area contributed by atoms with Crippen LogP contribution in [0.5, 0.6) is 11.6 Å². The molecule has 0 saturated heterocycles. The van der Waals surface area contributed by atoms with E-state index in [2.05, 4.69) is 8.75 Å². The van der Waals surface area contributed by atoms with Crippen LogP contribution in [0.2, 0.25) is 5.15 Å². The molecule has 6 heteroatoms. The number of aryl methyl sites for hydroxylation is 1. The van der Waals surface area contributed by atoms with Gasteiger partial charge in [0.15, 0.2) is 5.15 Å². The minimum Gasteiger partial charge on any atom is -0.435 e. The molecule has 4 nitrogen and oxygen atoms in total. The van der Waals surface area contributed by atoms with E-state index < -0.39 is 5.43 Å². The zero-order chi connectivity index (χ0) is 11.5. The van der Waals surface area contributed by atoms with E-state index in [-0.39, 0.29) is 11.0 Å². The second-order valence-electron chi connectivity index (χ2n) is 3.11. The Morgan fingerprint density at radius 2 is 2.19 bits per heavy atom. The molecule has 0 spiro atoms. The Morgan fingerprint density at radius 3 is 2.94 bits per heavy atom. The highest BCUT2D eigenvalue weighted by Crippen LogP contribution is 2.18. The molecular formula is C10H7ClN2O2S. The van der Waals surface area contributed by atoms with Gasteiger partial charge in [-0.1, -0.05) is 23.7 Å². The number of nitrogens with zero attached hydrogens (tertiary/aromatic N) is 2. The highest BCUT2D eigenvalue weighted by Gasteiger charge is 2.08. The first-order valence-corrected chi connectivity index (χ1v) is 5.54. The van der Waals surface area contributed by atoms with Crippen molar-refractivity contribution in [3.05, 3.63) is 45.2 Å². The standard InChI is InChI=1S/C10H7ClN2O2S/c1-6-3-2-4-7(5-6)15-10-8(14)9(11)12-16-13-10/h2-5H,1H3. The van der Waals surface area contributed by atoms with Crippen LogP contribution in [0.3, 0.4) is 0 Å². The van der Waals surface area contributed by atoms with Crippen LogP contribution in [0.1, 0.15) is 5.56 Å². The molecule has 1 aromatic carbocycles. The lowest BCUT2D eigenvalue weighted by molar-refractivity contribution is 0.462. The van der Waals surface area contributed by atoms with Gasteiger partial charge in [-0.05, 0) is 24.6 Å². The van der Waals surface area contributed by atoms with E-state index in [0.29, 0.717) is 5.75 Å². The van der Waals surface area contributed by atoms with Crippen molar-refractivity contribution in [1.29, 1.82) is 0 Å². The zero-order valence-electron chi connectivity index (χ0n) is 8.31. The van der Waals surface area contributed by atoms with Gasteiger partial charge in [-0.15, -0.1) is 4.37 Å². The van der Waals surface area contributed by atoms with Crippen molar-refractivity contribution in [1.82, 2.24) is 8.75 Å². The predicted molar refractivity (Wildman–Crippen MR) is 62.4 cm³/mol. The van der Waals surface area contributed by atoms with Crippen LogP contribution < -0.4 is 10.2 Å². The van der Waals surface area contributed by atoms with Gasteiger partial charge < -0.3 is 4.74 Å². The monoisotopic (exact) mass is 254 g/mol. The summed E-state index contributed by atoms with van der Waals surface area (Å²) in [5.41, 5.74) is 0.538. The maximum absolute atomic E-state index is 11.5. The number of hydrogen-bond acceptors (Lipinski definition) is 5. The Hall–Kier alpha value is -1.46. The smallest absolute Gasteiger partial charge is 0.283 e. The van der Waals surface area contributed by atoms with E-state index in [9.17, 15) is 4.79 Å². The predicted octanol–water partition coefficient (Wildman–Crippen LogP) is 2.65. The van der Waals surface area contributed by atoms with Gasteiger partial charge in [0, 0.05) is 0 Å². The van der Waals surface area contributed by atoms with Crippen molar-refractivity contribution >= 4 is 23.3 Å². The average Bonchev–Trinajstić information content (AvgIpc) is 2.25. The summed E-state index contributed by atoms with van der Waals surface area (Å²) in [6.45, 7) is 1.93. The summed E-state index contributed by atoms with van der Waals surface area (Å²) in [5, 5.41) is -0.123. The van der Waals surface area contributed by atoms with Gasteiger partial charge in [0.25, 0.3) is 11.3 Å². The molecule has 1 heterocycles. The van der Waals surface area contributed by atoms with Gasteiger partial charge in [0.2, 0.25) is 0 Å². The van der Waals surface area contributed by atoms with Crippen LogP contribution in [-0.4, -0.2) is 8.75 Å². The summed E-state index contributed by atoms with van der Waals surface area (Å²) in [7, 11) is 0. The van der Waals surface area contributed by atoms with Crippen LogP contribution in [0.4, 0.5) is 0 Å². The molecule has 2 rings (SSSR count). The summed E-state index contributed by atoms with van der Waals surface area (Å²) >= 11 is 6.41. The molecule has 0 fully saturated rings. The molecule has 2 aromatic rings. The van der Waals surface area contributed by atoms with Gasteiger partial charge in [0.1, 0.15) is 5.75 Å². The molecule has 0 bridgehead atoms. The Labute approximate surface area is 101 Å². The molecule has 0 aliphatic rings. The summed E-state index contributed by atoms with van der Waals surface area (Å²) in [6, 6.07) is 7.31. The summed E-state index contributed by atoms with van der Waals surface area (Å²) in [4.78, 5) is 11.5.